The van der Waals surface area contributed by atoms with Crippen molar-refractivity contribution in [3.63, 3.8) is 0 Å². The van der Waals surface area contributed by atoms with Crippen LogP contribution in [0.4, 0.5) is 18.9 Å². The van der Waals surface area contributed by atoms with Crippen LogP contribution in [-0.2, 0) is 6.18 Å². The van der Waals surface area contributed by atoms with Crippen molar-refractivity contribution in [1.82, 2.24) is 4.98 Å². The van der Waals surface area contributed by atoms with E-state index in [2.05, 4.69) is 11.6 Å². The Kier molecular flexibility index (Phi) is 4.47. The molecule has 21 heavy (non-hydrogen) atoms. The summed E-state index contributed by atoms with van der Waals surface area (Å²) < 4.78 is 38.2. The van der Waals surface area contributed by atoms with Crippen molar-refractivity contribution >= 4 is 16.6 Å². The van der Waals surface area contributed by atoms with E-state index in [9.17, 15) is 13.2 Å². The maximum atomic E-state index is 12.7. The summed E-state index contributed by atoms with van der Waals surface area (Å²) >= 11 is 0. The number of anilines is 1. The Bertz CT molecular complexity index is 640. The molecule has 3 nitrogen and oxygen atoms in total. The van der Waals surface area contributed by atoms with Gasteiger partial charge in [-0.2, -0.15) is 13.2 Å². The molecule has 0 saturated carbocycles. The largest absolute Gasteiger partial charge is 0.416 e. The SMILES string of the molecule is C=CCN(CCO)c1ccnc2cc(C(F)(F)F)ccc12. The highest BCUT2D eigenvalue weighted by Gasteiger charge is 2.30. The van der Waals surface area contributed by atoms with Gasteiger partial charge in [0.1, 0.15) is 0 Å². The normalized spacial score (nSPS) is 11.6. The Morgan fingerprint density at radius 3 is 2.67 bits per heavy atom. The summed E-state index contributed by atoms with van der Waals surface area (Å²) in [6.07, 6.45) is -1.25. The number of pyridine rings is 1. The number of alkyl halides is 3. The van der Waals surface area contributed by atoms with E-state index in [1.54, 1.807) is 12.1 Å². The maximum Gasteiger partial charge on any atom is 0.416 e. The van der Waals surface area contributed by atoms with Crippen LogP contribution in [0, 0.1) is 0 Å². The standard InChI is InChI=1S/C15H15F3N2O/c1-2-7-20(8-9-21)14-5-6-19-13-10-11(15(16,17)18)3-4-12(13)14/h2-6,10,21H,1,7-9H2. The molecule has 0 spiro atoms. The van der Waals surface area contributed by atoms with Gasteiger partial charge in [0.05, 0.1) is 17.7 Å². The number of halogens is 3. The number of aromatic nitrogens is 1. The Morgan fingerprint density at radius 1 is 1.29 bits per heavy atom. The topological polar surface area (TPSA) is 36.4 Å². The predicted molar refractivity (Wildman–Crippen MR) is 76.2 cm³/mol. The molecular weight excluding hydrogens is 281 g/mol. The molecule has 112 valence electrons. The molecule has 0 atom stereocenters. The van der Waals surface area contributed by atoms with E-state index < -0.39 is 11.7 Å². The van der Waals surface area contributed by atoms with Gasteiger partial charge in [-0.3, -0.25) is 4.98 Å². The lowest BCUT2D eigenvalue weighted by Gasteiger charge is -2.23. The molecular formula is C15H15F3N2O. The molecule has 1 aromatic heterocycles. The minimum Gasteiger partial charge on any atom is -0.395 e. The van der Waals surface area contributed by atoms with E-state index in [1.807, 2.05) is 4.90 Å². The van der Waals surface area contributed by atoms with Gasteiger partial charge in [0.15, 0.2) is 0 Å². The van der Waals surface area contributed by atoms with E-state index in [1.165, 1.54) is 12.3 Å². The van der Waals surface area contributed by atoms with Crippen LogP contribution in [0.1, 0.15) is 5.56 Å². The summed E-state index contributed by atoms with van der Waals surface area (Å²) in [5.41, 5.74) is 0.272. The lowest BCUT2D eigenvalue weighted by molar-refractivity contribution is -0.137. The molecule has 1 aromatic carbocycles. The third kappa shape index (κ3) is 3.33. The Balaban J connectivity index is 2.53. The number of hydrogen-bond donors (Lipinski definition) is 1. The minimum atomic E-state index is -4.39. The molecule has 2 aromatic rings. The molecule has 0 amide bonds. The fourth-order valence-electron chi connectivity index (χ4n) is 2.17. The van der Waals surface area contributed by atoms with Crippen LogP contribution in [0.2, 0.25) is 0 Å². The molecule has 0 fully saturated rings. The van der Waals surface area contributed by atoms with Gasteiger partial charge >= 0.3 is 6.18 Å². The van der Waals surface area contributed by atoms with Crippen molar-refractivity contribution in [1.29, 1.82) is 0 Å². The maximum absolute atomic E-state index is 12.7. The Morgan fingerprint density at radius 2 is 2.05 bits per heavy atom. The fourth-order valence-corrected chi connectivity index (χ4v) is 2.17. The van der Waals surface area contributed by atoms with E-state index in [0.29, 0.717) is 18.5 Å². The third-order valence-corrected chi connectivity index (χ3v) is 3.11. The first kappa shape index (κ1) is 15.3. The highest BCUT2D eigenvalue weighted by atomic mass is 19.4. The van der Waals surface area contributed by atoms with Crippen molar-refractivity contribution in [3.8, 4) is 0 Å². The van der Waals surface area contributed by atoms with E-state index >= 15 is 0 Å². The molecule has 0 bridgehead atoms. The third-order valence-electron chi connectivity index (χ3n) is 3.11. The highest BCUT2D eigenvalue weighted by molar-refractivity contribution is 5.92. The number of hydrogen-bond acceptors (Lipinski definition) is 3. The van der Waals surface area contributed by atoms with Crippen LogP contribution in [0.25, 0.3) is 10.9 Å². The van der Waals surface area contributed by atoms with E-state index in [4.69, 9.17) is 5.11 Å². The molecule has 0 saturated heterocycles. The summed E-state index contributed by atoms with van der Waals surface area (Å²) in [6, 6.07) is 5.20. The first-order valence-corrected chi connectivity index (χ1v) is 6.40. The average Bonchev–Trinajstić information content (AvgIpc) is 2.45. The second-order valence-corrected chi connectivity index (χ2v) is 4.52. The number of fused-ring (bicyclic) bond motifs is 1. The van der Waals surface area contributed by atoms with Gasteiger partial charge in [-0.05, 0) is 18.2 Å². The van der Waals surface area contributed by atoms with Crippen LogP contribution in [-0.4, -0.2) is 29.8 Å². The van der Waals surface area contributed by atoms with Crippen LogP contribution in [0.15, 0.2) is 43.1 Å². The molecule has 0 aliphatic rings. The average molecular weight is 296 g/mol. The van der Waals surface area contributed by atoms with E-state index in [-0.39, 0.29) is 12.1 Å². The Hall–Kier alpha value is -2.08. The molecule has 0 aliphatic heterocycles. The van der Waals surface area contributed by atoms with Crippen LogP contribution >= 0.6 is 0 Å². The van der Waals surface area contributed by atoms with Crippen molar-refractivity contribution in [2.24, 2.45) is 0 Å². The molecule has 1 heterocycles. The van der Waals surface area contributed by atoms with Gasteiger partial charge < -0.3 is 10.0 Å². The number of nitrogens with zero attached hydrogens (tertiary/aromatic N) is 2. The molecule has 6 heteroatoms. The van der Waals surface area contributed by atoms with Crippen molar-refractivity contribution in [2.75, 3.05) is 24.6 Å². The Labute approximate surface area is 120 Å². The second-order valence-electron chi connectivity index (χ2n) is 4.52. The summed E-state index contributed by atoms with van der Waals surface area (Å²) in [5, 5.41) is 9.72. The van der Waals surface area contributed by atoms with E-state index in [0.717, 1.165) is 17.8 Å². The first-order chi connectivity index (χ1) is 9.97. The molecule has 0 radical (unpaired) electrons. The lowest BCUT2D eigenvalue weighted by atomic mass is 10.1. The summed E-state index contributed by atoms with van der Waals surface area (Å²) in [4.78, 5) is 5.84. The van der Waals surface area contributed by atoms with Gasteiger partial charge in [0, 0.05) is 30.4 Å². The van der Waals surface area contributed by atoms with Crippen molar-refractivity contribution in [3.05, 3.63) is 48.7 Å². The van der Waals surface area contributed by atoms with Crippen LogP contribution in [0.5, 0.6) is 0 Å². The molecule has 0 aliphatic carbocycles. The van der Waals surface area contributed by atoms with Gasteiger partial charge in [-0.15, -0.1) is 6.58 Å². The number of aliphatic hydroxyl groups excluding tert-OH is 1. The first-order valence-electron chi connectivity index (χ1n) is 6.40. The van der Waals surface area contributed by atoms with Gasteiger partial charge in [-0.1, -0.05) is 12.1 Å². The smallest absolute Gasteiger partial charge is 0.395 e. The second kappa shape index (κ2) is 6.13. The molecule has 2 rings (SSSR count). The van der Waals surface area contributed by atoms with Crippen LogP contribution < -0.4 is 4.90 Å². The van der Waals surface area contributed by atoms with Crippen LogP contribution in [0.3, 0.4) is 0 Å². The zero-order valence-electron chi connectivity index (χ0n) is 11.3. The summed E-state index contributed by atoms with van der Waals surface area (Å²) in [6.45, 7) is 4.44. The number of rotatable bonds is 5. The quantitative estimate of drug-likeness (QED) is 0.861. The number of aliphatic hydroxyl groups is 1. The highest BCUT2D eigenvalue weighted by Crippen LogP contribution is 2.33. The fraction of sp³-hybridized carbons (Fsp3) is 0.267. The minimum absolute atomic E-state index is 0.0573. The van der Waals surface area contributed by atoms with Gasteiger partial charge in [-0.25, -0.2) is 0 Å². The lowest BCUT2D eigenvalue weighted by Crippen LogP contribution is -2.26. The monoisotopic (exact) mass is 296 g/mol. The summed E-state index contributed by atoms with van der Waals surface area (Å²) in [5.74, 6) is 0. The van der Waals surface area contributed by atoms with Crippen molar-refractivity contribution in [2.45, 2.75) is 6.18 Å². The van der Waals surface area contributed by atoms with Gasteiger partial charge in [0.2, 0.25) is 0 Å². The zero-order valence-corrected chi connectivity index (χ0v) is 11.3. The summed E-state index contributed by atoms with van der Waals surface area (Å²) in [7, 11) is 0. The molecule has 0 unspecified atom stereocenters. The van der Waals surface area contributed by atoms with Crippen molar-refractivity contribution < 1.29 is 18.3 Å². The molecule has 1 N–H and O–H groups in total. The predicted octanol–water partition coefficient (Wildman–Crippen LogP) is 3.24. The van der Waals surface area contributed by atoms with Gasteiger partial charge in [0.25, 0.3) is 0 Å². The number of benzene rings is 1. The zero-order chi connectivity index (χ0) is 15.5.